The van der Waals surface area contributed by atoms with Crippen LogP contribution in [0.25, 0.3) is 38.8 Å². The van der Waals surface area contributed by atoms with Crippen LogP contribution < -0.4 is 10.7 Å². The van der Waals surface area contributed by atoms with E-state index in [4.69, 9.17) is 0 Å². The lowest BCUT2D eigenvalue weighted by Crippen LogP contribution is -2.26. The number of pyridine rings is 2. The highest BCUT2D eigenvalue weighted by molar-refractivity contribution is 7.77. The topological polar surface area (TPSA) is 47.8 Å². The number of aromatic nitrogens is 3. The first-order chi connectivity index (χ1) is 18.6. The third-order valence-electron chi connectivity index (χ3n) is 6.97. The van der Waals surface area contributed by atoms with Crippen molar-refractivity contribution in [3.8, 4) is 16.9 Å². The molecule has 194 valence electrons. The Morgan fingerprint density at radius 1 is 0.744 bits per heavy atom. The van der Waals surface area contributed by atoms with Gasteiger partial charge in [0.1, 0.15) is 11.3 Å². The lowest BCUT2D eigenvalue weighted by Gasteiger charge is -2.19. The number of nitrogens with zero attached hydrogens (tertiary/aromatic N) is 3. The van der Waals surface area contributed by atoms with Crippen LogP contribution in [0.1, 0.15) is 11.1 Å². The molecule has 0 aliphatic carbocycles. The average molecular weight is 542 g/mol. The van der Waals surface area contributed by atoms with Gasteiger partial charge < -0.3 is 4.57 Å². The maximum atomic E-state index is 13.9. The molecule has 1 unspecified atom stereocenters. The van der Waals surface area contributed by atoms with Crippen LogP contribution in [0.5, 0.6) is 0 Å². The fourth-order valence-electron chi connectivity index (χ4n) is 5.07. The smallest absolute Gasteiger partial charge is 0.312 e. The van der Waals surface area contributed by atoms with Gasteiger partial charge in [0.15, 0.2) is 7.14 Å². The molecule has 0 amide bonds. The van der Waals surface area contributed by atoms with Crippen LogP contribution >= 0.6 is 7.14 Å². The van der Waals surface area contributed by atoms with E-state index in [1.165, 1.54) is 18.9 Å². The number of hydrogen-bond acceptors (Lipinski definition) is 3. The first-order valence-electron chi connectivity index (χ1n) is 12.3. The minimum atomic E-state index is -4.66. The van der Waals surface area contributed by atoms with E-state index in [2.05, 4.69) is 26.7 Å². The largest absolute Gasteiger partial charge is 0.418 e. The Morgan fingerprint density at radius 2 is 1.51 bits per heavy atom. The lowest BCUT2D eigenvalue weighted by atomic mass is 10.0. The molecule has 4 nitrogen and oxygen atoms in total. The molecule has 6 aromatic rings. The Hall–Kier alpha value is -4.22. The van der Waals surface area contributed by atoms with Crippen LogP contribution in [0.15, 0.2) is 103 Å². The van der Waals surface area contributed by atoms with Crippen molar-refractivity contribution in [3.63, 3.8) is 0 Å². The molecule has 3 aromatic heterocycles. The van der Waals surface area contributed by atoms with E-state index in [1.807, 2.05) is 55.5 Å². The van der Waals surface area contributed by atoms with Gasteiger partial charge in [-0.1, -0.05) is 48.5 Å². The maximum Gasteiger partial charge on any atom is 0.418 e. The minimum Gasteiger partial charge on any atom is -0.312 e. The van der Waals surface area contributed by atoms with E-state index in [9.17, 15) is 17.7 Å². The highest BCUT2D eigenvalue weighted by Crippen LogP contribution is 2.43. The predicted molar refractivity (Wildman–Crippen MR) is 151 cm³/mol. The van der Waals surface area contributed by atoms with Crippen molar-refractivity contribution in [1.82, 2.24) is 14.5 Å². The number of halogens is 3. The Balaban J connectivity index is 1.52. The van der Waals surface area contributed by atoms with Crippen molar-refractivity contribution in [2.24, 2.45) is 0 Å². The number of alkyl halides is 3. The average Bonchev–Trinajstić information content (AvgIpc) is 3.26. The maximum absolute atomic E-state index is 13.9. The molecule has 0 saturated carbocycles. The molecular formula is C31H23F3N3OP. The summed E-state index contributed by atoms with van der Waals surface area (Å²) in [7, 11) is -3.66. The number of fused-ring (bicyclic) bond motifs is 3. The van der Waals surface area contributed by atoms with Gasteiger partial charge in [-0.15, -0.1) is 0 Å². The van der Waals surface area contributed by atoms with Gasteiger partial charge in [0.2, 0.25) is 0 Å². The van der Waals surface area contributed by atoms with Crippen LogP contribution in [-0.2, 0) is 10.7 Å². The summed E-state index contributed by atoms with van der Waals surface area (Å²) < 4.78 is 57.1. The molecule has 8 heteroatoms. The summed E-state index contributed by atoms with van der Waals surface area (Å²) in [5.74, 6) is 0.792. The van der Waals surface area contributed by atoms with Gasteiger partial charge in [-0.05, 0) is 72.7 Å². The molecule has 0 fully saturated rings. The second kappa shape index (κ2) is 9.21. The molecule has 39 heavy (non-hydrogen) atoms. The normalized spacial score (nSPS) is 13.6. The van der Waals surface area contributed by atoms with E-state index in [1.54, 1.807) is 24.4 Å². The molecule has 1 atom stereocenters. The zero-order chi connectivity index (χ0) is 27.4. The number of aryl methyl sites for hydroxylation is 1. The first kappa shape index (κ1) is 25.1. The molecule has 6 rings (SSSR count). The summed E-state index contributed by atoms with van der Waals surface area (Å²) in [6.07, 6.45) is -1.63. The molecule has 0 saturated heterocycles. The molecular weight excluding hydrogens is 518 g/mol. The van der Waals surface area contributed by atoms with Crippen molar-refractivity contribution in [3.05, 3.63) is 115 Å². The lowest BCUT2D eigenvalue weighted by molar-refractivity contribution is -0.136. The summed E-state index contributed by atoms with van der Waals surface area (Å²) in [6.45, 7) is 3.36. The van der Waals surface area contributed by atoms with Crippen LogP contribution in [0.4, 0.5) is 13.2 Å². The number of hydrogen-bond donors (Lipinski definition) is 0. The Bertz CT molecular complexity index is 1930. The zero-order valence-corrected chi connectivity index (χ0v) is 22.0. The Kier molecular flexibility index (Phi) is 5.92. The molecule has 3 heterocycles. The van der Waals surface area contributed by atoms with Crippen LogP contribution in [0.3, 0.4) is 0 Å². The van der Waals surface area contributed by atoms with Crippen LogP contribution in [-0.4, -0.2) is 21.2 Å². The molecule has 0 aliphatic rings. The summed E-state index contributed by atoms with van der Waals surface area (Å²) in [5, 5.41) is 2.45. The fourth-order valence-corrected chi connectivity index (χ4v) is 7.02. The van der Waals surface area contributed by atoms with Crippen molar-refractivity contribution in [2.75, 3.05) is 6.66 Å². The van der Waals surface area contributed by atoms with E-state index in [0.717, 1.165) is 50.4 Å². The number of benzene rings is 3. The second-order valence-electron chi connectivity index (χ2n) is 9.62. The van der Waals surface area contributed by atoms with Gasteiger partial charge in [-0.25, -0.2) is 4.98 Å². The van der Waals surface area contributed by atoms with Gasteiger partial charge >= 0.3 is 6.18 Å². The highest BCUT2D eigenvalue weighted by Gasteiger charge is 2.39. The first-order valence-corrected chi connectivity index (χ1v) is 14.5. The molecule has 3 aromatic carbocycles. The van der Waals surface area contributed by atoms with Crippen molar-refractivity contribution >= 4 is 39.7 Å². The van der Waals surface area contributed by atoms with Crippen molar-refractivity contribution in [1.29, 1.82) is 0 Å². The summed E-state index contributed by atoms with van der Waals surface area (Å²) in [4.78, 5) is 8.54. The van der Waals surface area contributed by atoms with E-state index in [-0.39, 0.29) is 0 Å². The number of rotatable bonds is 4. The Labute approximate surface area is 223 Å². The van der Waals surface area contributed by atoms with E-state index < -0.39 is 24.3 Å². The van der Waals surface area contributed by atoms with Gasteiger partial charge in [0.25, 0.3) is 0 Å². The van der Waals surface area contributed by atoms with E-state index >= 15 is 0 Å². The summed E-state index contributed by atoms with van der Waals surface area (Å²) in [5.41, 5.74) is 3.23. The predicted octanol–water partition coefficient (Wildman–Crippen LogP) is 7.51. The third kappa shape index (κ3) is 4.33. The standard InChI is InChI=1S/C31H23F3N3OP/c1-20-14-16-35-29(17-20)37-27-11-4-3-9-24(27)25-13-12-22(19-28(25)37)21-7-5-8-23(18-21)39(2,38)30-26(31(32,33)34)10-6-15-36-30/h3-19H,1-2H3. The molecule has 0 spiro atoms. The summed E-state index contributed by atoms with van der Waals surface area (Å²) >= 11 is 0. The van der Waals surface area contributed by atoms with Crippen LogP contribution in [0.2, 0.25) is 0 Å². The third-order valence-corrected chi connectivity index (χ3v) is 9.40. The van der Waals surface area contributed by atoms with Gasteiger partial charge in [0.05, 0.1) is 16.6 Å². The second-order valence-corrected chi connectivity index (χ2v) is 12.4. The molecule has 0 N–H and O–H groups in total. The quantitative estimate of drug-likeness (QED) is 0.217. The van der Waals surface area contributed by atoms with Crippen LogP contribution in [0, 0.1) is 6.92 Å². The van der Waals surface area contributed by atoms with Gasteiger partial charge in [-0.2, -0.15) is 13.2 Å². The van der Waals surface area contributed by atoms with Crippen molar-refractivity contribution < 1.29 is 17.7 Å². The monoisotopic (exact) mass is 541 g/mol. The minimum absolute atomic E-state index is 0.310. The molecule has 0 bridgehead atoms. The number of para-hydroxylation sites is 1. The zero-order valence-electron chi connectivity index (χ0n) is 21.1. The SMILES string of the molecule is Cc1ccnc(-n2c3ccccc3c3ccc(-c4cccc(P(C)(=O)c5ncccc5C(F)(F)F)c4)cc32)c1. The molecule has 0 radical (unpaired) electrons. The van der Waals surface area contributed by atoms with Crippen molar-refractivity contribution in [2.45, 2.75) is 13.1 Å². The van der Waals surface area contributed by atoms with Gasteiger partial charge in [-0.3, -0.25) is 9.55 Å². The van der Waals surface area contributed by atoms with E-state index in [0.29, 0.717) is 5.30 Å². The summed E-state index contributed by atoms with van der Waals surface area (Å²) in [6, 6.07) is 27.2. The van der Waals surface area contributed by atoms with Gasteiger partial charge in [0, 0.05) is 28.5 Å². The fraction of sp³-hybridized carbons (Fsp3) is 0.0968. The molecule has 0 aliphatic heterocycles. The Morgan fingerprint density at radius 3 is 2.31 bits per heavy atom. The highest BCUT2D eigenvalue weighted by atomic mass is 31.2.